The Morgan fingerprint density at radius 1 is 0.947 bits per heavy atom. The third-order valence-electron chi connectivity index (χ3n) is 4.57. The minimum atomic E-state index is 0.104. The van der Waals surface area contributed by atoms with E-state index in [0.29, 0.717) is 0 Å². The smallest absolute Gasteiger partial charge is 0.149 e. The molecule has 2 heterocycles. The lowest BCUT2D eigenvalue weighted by Crippen LogP contribution is -2.35. The van der Waals surface area contributed by atoms with Gasteiger partial charge in [-0.1, -0.05) is 37.5 Å². The second-order valence-electron chi connectivity index (χ2n) is 5.60. The molecular formula is C17H17NO. The molecular weight excluding hydrogens is 234 g/mol. The van der Waals surface area contributed by atoms with Crippen molar-refractivity contribution in [3.8, 4) is 0 Å². The fourth-order valence-electron chi connectivity index (χ4n) is 3.70. The number of furan rings is 1. The highest BCUT2D eigenvalue weighted by atomic mass is 16.3. The zero-order valence-corrected chi connectivity index (χ0v) is 10.9. The molecule has 0 N–H and O–H groups in total. The zero-order valence-electron chi connectivity index (χ0n) is 10.9. The minimum Gasteiger partial charge on any atom is -0.463 e. The fourth-order valence-corrected chi connectivity index (χ4v) is 3.70. The molecule has 2 nitrogen and oxygen atoms in total. The van der Waals surface area contributed by atoms with E-state index in [9.17, 15) is 0 Å². The highest BCUT2D eigenvalue weighted by Gasteiger charge is 2.45. The molecule has 2 heteroatoms. The summed E-state index contributed by atoms with van der Waals surface area (Å²) in [5, 5.41) is 0. The maximum absolute atomic E-state index is 5.65. The Balaban J connectivity index is 1.91. The molecule has 0 bridgehead atoms. The molecule has 1 saturated carbocycles. The Labute approximate surface area is 113 Å². The molecule has 1 spiro atoms. The summed E-state index contributed by atoms with van der Waals surface area (Å²) in [5.41, 5.74) is 3.79. The lowest BCUT2D eigenvalue weighted by molar-refractivity contribution is 0.381. The van der Waals surface area contributed by atoms with Gasteiger partial charge in [0.15, 0.2) is 0 Å². The summed E-state index contributed by atoms with van der Waals surface area (Å²) in [5.74, 6) is 0.943. The molecule has 0 atom stereocenters. The molecule has 0 amide bonds. The number of hydrogen-bond acceptors (Lipinski definition) is 2. The standard InChI is InChI=1S/C17H17NO/c1-4-10-17(11-5-1)13-7-2-3-8-14(13)18-16(17)15-9-6-12-19-15/h2-3,6-9,12H,1,4-5,10-11H2. The van der Waals surface area contributed by atoms with Gasteiger partial charge in [-0.15, -0.1) is 0 Å². The molecule has 19 heavy (non-hydrogen) atoms. The SMILES string of the molecule is c1coc(C2=Nc3ccccc3C23CCCCC3)c1. The number of hydrogen-bond donors (Lipinski definition) is 0. The first-order chi connectivity index (χ1) is 9.40. The lowest BCUT2D eigenvalue weighted by Gasteiger charge is -2.35. The van der Waals surface area contributed by atoms with Crippen LogP contribution in [0.15, 0.2) is 52.1 Å². The Bertz CT molecular complexity index is 618. The summed E-state index contributed by atoms with van der Waals surface area (Å²) in [7, 11) is 0. The van der Waals surface area contributed by atoms with E-state index in [-0.39, 0.29) is 5.41 Å². The van der Waals surface area contributed by atoms with Gasteiger partial charge in [0.25, 0.3) is 0 Å². The first kappa shape index (κ1) is 11.0. The van der Waals surface area contributed by atoms with Crippen LogP contribution in [0, 0.1) is 0 Å². The Morgan fingerprint density at radius 2 is 1.79 bits per heavy atom. The van der Waals surface area contributed by atoms with Gasteiger partial charge in [-0.05, 0) is 36.6 Å². The molecule has 1 aliphatic carbocycles. The topological polar surface area (TPSA) is 25.5 Å². The quantitative estimate of drug-likeness (QED) is 0.726. The largest absolute Gasteiger partial charge is 0.463 e. The van der Waals surface area contributed by atoms with Crippen LogP contribution in [0.2, 0.25) is 0 Å². The van der Waals surface area contributed by atoms with Crippen molar-refractivity contribution in [1.29, 1.82) is 0 Å². The Kier molecular flexibility index (Phi) is 2.37. The first-order valence-corrected chi connectivity index (χ1v) is 7.13. The molecule has 0 unspecified atom stereocenters. The average Bonchev–Trinajstić information content (AvgIpc) is 3.08. The van der Waals surface area contributed by atoms with Gasteiger partial charge < -0.3 is 4.42 Å². The minimum absolute atomic E-state index is 0.104. The Morgan fingerprint density at radius 3 is 2.58 bits per heavy atom. The van der Waals surface area contributed by atoms with Crippen LogP contribution < -0.4 is 0 Å². The normalized spacial score (nSPS) is 20.3. The fraction of sp³-hybridized carbons (Fsp3) is 0.353. The van der Waals surface area contributed by atoms with E-state index in [1.165, 1.54) is 37.7 Å². The van der Waals surface area contributed by atoms with Crippen molar-refractivity contribution in [2.24, 2.45) is 4.99 Å². The second kappa shape index (κ2) is 4.09. The van der Waals surface area contributed by atoms with Gasteiger partial charge in [0.05, 0.1) is 17.7 Å². The van der Waals surface area contributed by atoms with Crippen molar-refractivity contribution in [3.63, 3.8) is 0 Å². The van der Waals surface area contributed by atoms with E-state index >= 15 is 0 Å². The maximum atomic E-state index is 5.65. The summed E-state index contributed by atoms with van der Waals surface area (Å²) >= 11 is 0. The van der Waals surface area contributed by atoms with Gasteiger partial charge in [-0.2, -0.15) is 0 Å². The highest BCUT2D eigenvalue weighted by Crippen LogP contribution is 2.50. The number of rotatable bonds is 1. The van der Waals surface area contributed by atoms with Crippen LogP contribution in [0.4, 0.5) is 5.69 Å². The zero-order chi connectivity index (χ0) is 12.7. The molecule has 2 aromatic rings. The number of benzene rings is 1. The van der Waals surface area contributed by atoms with Crippen LogP contribution >= 0.6 is 0 Å². The van der Waals surface area contributed by atoms with Gasteiger partial charge in [0.2, 0.25) is 0 Å². The monoisotopic (exact) mass is 251 g/mol. The van der Waals surface area contributed by atoms with E-state index in [1.54, 1.807) is 6.26 Å². The van der Waals surface area contributed by atoms with Crippen molar-refractivity contribution in [3.05, 3.63) is 54.0 Å². The maximum Gasteiger partial charge on any atom is 0.149 e. The third kappa shape index (κ3) is 1.52. The van der Waals surface area contributed by atoms with E-state index < -0.39 is 0 Å². The van der Waals surface area contributed by atoms with E-state index in [0.717, 1.165) is 17.2 Å². The lowest BCUT2D eigenvalue weighted by atomic mass is 9.67. The van der Waals surface area contributed by atoms with Crippen molar-refractivity contribution in [2.45, 2.75) is 37.5 Å². The van der Waals surface area contributed by atoms with Crippen LogP contribution in [0.1, 0.15) is 43.4 Å². The van der Waals surface area contributed by atoms with Gasteiger partial charge in [-0.25, -0.2) is 4.99 Å². The summed E-state index contributed by atoms with van der Waals surface area (Å²) in [4.78, 5) is 4.89. The highest BCUT2D eigenvalue weighted by molar-refractivity contribution is 6.11. The summed E-state index contributed by atoms with van der Waals surface area (Å²) in [6.07, 6.45) is 8.06. The number of fused-ring (bicyclic) bond motifs is 2. The first-order valence-electron chi connectivity index (χ1n) is 7.13. The van der Waals surface area contributed by atoms with Crippen molar-refractivity contribution in [1.82, 2.24) is 0 Å². The Hall–Kier alpha value is -1.83. The van der Waals surface area contributed by atoms with E-state index in [4.69, 9.17) is 9.41 Å². The summed E-state index contributed by atoms with van der Waals surface area (Å²) < 4.78 is 5.65. The number of para-hydroxylation sites is 1. The molecule has 1 fully saturated rings. The molecule has 1 aromatic carbocycles. The van der Waals surface area contributed by atoms with Gasteiger partial charge in [0, 0.05) is 5.41 Å². The molecule has 0 radical (unpaired) electrons. The van der Waals surface area contributed by atoms with Crippen molar-refractivity contribution >= 4 is 11.4 Å². The van der Waals surface area contributed by atoms with Crippen LogP contribution in [-0.4, -0.2) is 5.71 Å². The molecule has 2 aliphatic rings. The molecule has 1 aliphatic heterocycles. The summed E-state index contributed by atoms with van der Waals surface area (Å²) in [6, 6.07) is 12.6. The average molecular weight is 251 g/mol. The van der Waals surface area contributed by atoms with Crippen LogP contribution in [-0.2, 0) is 5.41 Å². The predicted molar refractivity (Wildman–Crippen MR) is 76.1 cm³/mol. The van der Waals surface area contributed by atoms with Gasteiger partial charge in [0.1, 0.15) is 5.76 Å². The predicted octanol–water partition coefficient (Wildman–Crippen LogP) is 4.62. The van der Waals surface area contributed by atoms with Crippen LogP contribution in [0.3, 0.4) is 0 Å². The van der Waals surface area contributed by atoms with Crippen molar-refractivity contribution in [2.75, 3.05) is 0 Å². The van der Waals surface area contributed by atoms with E-state index in [1.807, 2.05) is 12.1 Å². The van der Waals surface area contributed by atoms with Crippen LogP contribution in [0.5, 0.6) is 0 Å². The second-order valence-corrected chi connectivity index (χ2v) is 5.60. The molecule has 96 valence electrons. The van der Waals surface area contributed by atoms with E-state index in [2.05, 4.69) is 24.3 Å². The molecule has 1 aromatic heterocycles. The van der Waals surface area contributed by atoms with Gasteiger partial charge >= 0.3 is 0 Å². The van der Waals surface area contributed by atoms with Crippen molar-refractivity contribution < 1.29 is 4.42 Å². The number of nitrogens with zero attached hydrogens (tertiary/aromatic N) is 1. The van der Waals surface area contributed by atoms with Crippen LogP contribution in [0.25, 0.3) is 0 Å². The third-order valence-corrected chi connectivity index (χ3v) is 4.57. The molecule has 0 saturated heterocycles. The van der Waals surface area contributed by atoms with Gasteiger partial charge in [-0.3, -0.25) is 0 Å². The molecule has 4 rings (SSSR count). The number of aliphatic imine (C=N–C) groups is 1. The summed E-state index contributed by atoms with van der Waals surface area (Å²) in [6.45, 7) is 0.